The Morgan fingerprint density at radius 1 is 1.33 bits per heavy atom. The SMILES string of the molecule is CC(C)Oc1c(Cl)cc(CN(C)[C@@H]2CCN(C)C2)cc1Cl. The number of likely N-dealkylation sites (tertiary alicyclic amines) is 1. The Kier molecular flexibility index (Phi) is 5.78. The maximum atomic E-state index is 6.31. The van der Waals surface area contributed by atoms with Crippen molar-refractivity contribution >= 4 is 23.2 Å². The monoisotopic (exact) mass is 330 g/mol. The molecule has 21 heavy (non-hydrogen) atoms. The summed E-state index contributed by atoms with van der Waals surface area (Å²) >= 11 is 12.6. The second kappa shape index (κ2) is 7.19. The zero-order valence-corrected chi connectivity index (χ0v) is 14.7. The third-order valence-corrected chi connectivity index (χ3v) is 4.39. The Labute approximate surface area is 137 Å². The minimum Gasteiger partial charge on any atom is -0.488 e. The minimum absolute atomic E-state index is 0.0579. The topological polar surface area (TPSA) is 15.7 Å². The molecule has 0 N–H and O–H groups in total. The lowest BCUT2D eigenvalue weighted by molar-refractivity contribution is 0.233. The van der Waals surface area contributed by atoms with Crippen LogP contribution in [0, 0.1) is 0 Å². The largest absolute Gasteiger partial charge is 0.488 e. The van der Waals surface area contributed by atoms with Crippen LogP contribution in [-0.2, 0) is 6.54 Å². The number of hydrogen-bond donors (Lipinski definition) is 0. The van der Waals surface area contributed by atoms with Gasteiger partial charge in [0, 0.05) is 19.1 Å². The molecule has 1 aromatic rings. The first-order valence-electron chi connectivity index (χ1n) is 7.40. The highest BCUT2D eigenvalue weighted by atomic mass is 35.5. The van der Waals surface area contributed by atoms with Crippen molar-refractivity contribution in [2.75, 3.05) is 27.2 Å². The van der Waals surface area contributed by atoms with Gasteiger partial charge in [-0.1, -0.05) is 23.2 Å². The van der Waals surface area contributed by atoms with Gasteiger partial charge < -0.3 is 9.64 Å². The summed E-state index contributed by atoms with van der Waals surface area (Å²) in [6, 6.07) is 4.51. The molecule has 0 amide bonds. The van der Waals surface area contributed by atoms with E-state index in [1.165, 1.54) is 6.42 Å². The third-order valence-electron chi connectivity index (χ3n) is 3.83. The molecule has 0 aliphatic carbocycles. The van der Waals surface area contributed by atoms with Gasteiger partial charge in [-0.05, 0) is 58.6 Å². The Morgan fingerprint density at radius 2 is 1.95 bits per heavy atom. The van der Waals surface area contributed by atoms with Gasteiger partial charge in [0.05, 0.1) is 16.1 Å². The van der Waals surface area contributed by atoms with Crippen LogP contribution in [0.3, 0.4) is 0 Å². The van der Waals surface area contributed by atoms with Crippen molar-refractivity contribution in [3.8, 4) is 5.75 Å². The number of rotatable bonds is 5. The lowest BCUT2D eigenvalue weighted by Gasteiger charge is -2.24. The molecular formula is C16H24Cl2N2O. The van der Waals surface area contributed by atoms with Gasteiger partial charge in [0.25, 0.3) is 0 Å². The van der Waals surface area contributed by atoms with Crippen LogP contribution in [0.15, 0.2) is 12.1 Å². The van der Waals surface area contributed by atoms with Crippen LogP contribution < -0.4 is 4.74 Å². The Balaban J connectivity index is 2.07. The summed E-state index contributed by atoms with van der Waals surface area (Å²) in [6.45, 7) is 7.06. The molecule has 118 valence electrons. The van der Waals surface area contributed by atoms with E-state index in [0.29, 0.717) is 21.8 Å². The Hall–Kier alpha value is -0.480. The summed E-state index contributed by atoms with van der Waals surface area (Å²) in [7, 11) is 4.32. The molecule has 0 radical (unpaired) electrons. The van der Waals surface area contributed by atoms with E-state index in [0.717, 1.165) is 25.2 Å². The Bertz CT molecular complexity index is 470. The minimum atomic E-state index is 0.0579. The van der Waals surface area contributed by atoms with Crippen LogP contribution in [0.2, 0.25) is 10.0 Å². The van der Waals surface area contributed by atoms with Crippen LogP contribution in [0.1, 0.15) is 25.8 Å². The first-order chi connectivity index (χ1) is 9.86. The van der Waals surface area contributed by atoms with E-state index in [4.69, 9.17) is 27.9 Å². The maximum Gasteiger partial charge on any atom is 0.156 e. The van der Waals surface area contributed by atoms with Crippen molar-refractivity contribution in [2.45, 2.75) is 39.0 Å². The van der Waals surface area contributed by atoms with Crippen LogP contribution in [0.25, 0.3) is 0 Å². The first kappa shape index (κ1) is 16.9. The molecule has 0 saturated carbocycles. The van der Waals surface area contributed by atoms with E-state index in [1.54, 1.807) is 0 Å². The molecule has 1 aliphatic rings. The predicted octanol–water partition coefficient (Wildman–Crippen LogP) is 3.92. The van der Waals surface area contributed by atoms with E-state index < -0.39 is 0 Å². The van der Waals surface area contributed by atoms with Crippen molar-refractivity contribution in [3.63, 3.8) is 0 Å². The molecule has 1 aliphatic heterocycles. The second-order valence-electron chi connectivity index (χ2n) is 6.18. The quantitative estimate of drug-likeness (QED) is 0.813. The van der Waals surface area contributed by atoms with E-state index in [1.807, 2.05) is 26.0 Å². The predicted molar refractivity (Wildman–Crippen MR) is 89.6 cm³/mol. The highest BCUT2D eigenvalue weighted by Crippen LogP contribution is 2.35. The number of nitrogens with zero attached hydrogens (tertiary/aromatic N) is 2. The average molecular weight is 331 g/mol. The maximum absolute atomic E-state index is 6.31. The van der Waals surface area contributed by atoms with Crippen molar-refractivity contribution < 1.29 is 4.74 Å². The first-order valence-corrected chi connectivity index (χ1v) is 8.15. The van der Waals surface area contributed by atoms with Gasteiger partial charge in [-0.15, -0.1) is 0 Å². The summed E-state index contributed by atoms with van der Waals surface area (Å²) < 4.78 is 5.67. The van der Waals surface area contributed by atoms with Gasteiger partial charge >= 0.3 is 0 Å². The molecule has 1 fully saturated rings. The molecule has 1 heterocycles. The third kappa shape index (κ3) is 4.49. The zero-order valence-electron chi connectivity index (χ0n) is 13.2. The molecule has 1 saturated heterocycles. The number of ether oxygens (including phenoxy) is 1. The van der Waals surface area contributed by atoms with Crippen molar-refractivity contribution in [1.82, 2.24) is 9.80 Å². The van der Waals surface area contributed by atoms with Gasteiger partial charge in [0.15, 0.2) is 5.75 Å². The molecular weight excluding hydrogens is 307 g/mol. The standard InChI is InChI=1S/C16H24Cl2N2O/c1-11(2)21-16-14(17)7-12(8-15(16)18)9-20(4)13-5-6-19(3)10-13/h7-8,11,13H,5-6,9-10H2,1-4H3/t13-/m1/s1. The van der Waals surface area contributed by atoms with Crippen molar-refractivity contribution in [1.29, 1.82) is 0 Å². The normalized spacial score (nSPS) is 19.7. The summed E-state index contributed by atoms with van der Waals surface area (Å²) in [5.74, 6) is 0.584. The number of hydrogen-bond acceptors (Lipinski definition) is 3. The summed E-state index contributed by atoms with van der Waals surface area (Å²) in [6.07, 6.45) is 1.27. The van der Waals surface area contributed by atoms with Crippen LogP contribution in [0.5, 0.6) is 5.75 Å². The molecule has 0 spiro atoms. The molecule has 5 heteroatoms. The molecule has 0 bridgehead atoms. The zero-order chi connectivity index (χ0) is 15.6. The molecule has 1 aromatic carbocycles. The van der Waals surface area contributed by atoms with Gasteiger partial charge in [0.2, 0.25) is 0 Å². The highest BCUT2D eigenvalue weighted by molar-refractivity contribution is 6.37. The van der Waals surface area contributed by atoms with Gasteiger partial charge in [-0.3, -0.25) is 4.90 Å². The molecule has 0 aromatic heterocycles. The average Bonchev–Trinajstić information content (AvgIpc) is 2.80. The second-order valence-corrected chi connectivity index (χ2v) is 6.99. The van der Waals surface area contributed by atoms with Gasteiger partial charge in [-0.2, -0.15) is 0 Å². The summed E-state index contributed by atoms with van der Waals surface area (Å²) in [4.78, 5) is 4.73. The van der Waals surface area contributed by atoms with E-state index in [9.17, 15) is 0 Å². The van der Waals surface area contributed by atoms with E-state index in [-0.39, 0.29) is 6.10 Å². The van der Waals surface area contributed by atoms with E-state index in [2.05, 4.69) is 23.9 Å². The summed E-state index contributed by atoms with van der Waals surface area (Å²) in [5.41, 5.74) is 1.12. The summed E-state index contributed by atoms with van der Waals surface area (Å²) in [5, 5.41) is 1.17. The fraction of sp³-hybridized carbons (Fsp3) is 0.625. The van der Waals surface area contributed by atoms with Crippen LogP contribution in [-0.4, -0.2) is 49.1 Å². The van der Waals surface area contributed by atoms with Crippen LogP contribution >= 0.6 is 23.2 Å². The molecule has 0 unspecified atom stereocenters. The fourth-order valence-corrected chi connectivity index (χ4v) is 3.36. The van der Waals surface area contributed by atoms with Crippen LogP contribution in [0.4, 0.5) is 0 Å². The smallest absolute Gasteiger partial charge is 0.156 e. The number of likely N-dealkylation sites (N-methyl/N-ethyl adjacent to an activating group) is 2. The number of benzene rings is 1. The fourth-order valence-electron chi connectivity index (χ4n) is 2.74. The lowest BCUT2D eigenvalue weighted by Crippen LogP contribution is -2.33. The number of halogens is 2. The van der Waals surface area contributed by atoms with Crippen molar-refractivity contribution in [3.05, 3.63) is 27.7 Å². The van der Waals surface area contributed by atoms with Crippen molar-refractivity contribution in [2.24, 2.45) is 0 Å². The highest BCUT2D eigenvalue weighted by Gasteiger charge is 2.23. The van der Waals surface area contributed by atoms with E-state index >= 15 is 0 Å². The molecule has 2 rings (SSSR count). The molecule has 3 nitrogen and oxygen atoms in total. The van der Waals surface area contributed by atoms with Gasteiger partial charge in [-0.25, -0.2) is 0 Å². The Morgan fingerprint density at radius 3 is 2.43 bits per heavy atom. The lowest BCUT2D eigenvalue weighted by atomic mass is 10.1. The van der Waals surface area contributed by atoms with Gasteiger partial charge in [0.1, 0.15) is 0 Å². The molecule has 1 atom stereocenters.